The Labute approximate surface area is 99.9 Å². The van der Waals surface area contributed by atoms with Crippen molar-refractivity contribution in [2.24, 2.45) is 5.92 Å². The number of carbonyl (C=O) groups is 2. The van der Waals surface area contributed by atoms with Crippen LogP contribution in [0.15, 0.2) is 0 Å². The molecular weight excluding hydrogens is 224 g/mol. The number of fused-ring (bicyclic) bond motifs is 1. The van der Waals surface area contributed by atoms with Crippen molar-refractivity contribution in [2.75, 3.05) is 13.2 Å². The molecule has 2 rings (SSSR count). The first-order valence-corrected chi connectivity index (χ1v) is 6.08. The number of hydrogen-bond acceptors (Lipinski definition) is 3. The minimum Gasteiger partial charge on any atom is -0.479 e. The lowest BCUT2D eigenvalue weighted by Gasteiger charge is -2.31. The van der Waals surface area contributed by atoms with Gasteiger partial charge in [0.25, 0.3) is 0 Å². The van der Waals surface area contributed by atoms with Crippen LogP contribution in [0.1, 0.15) is 32.1 Å². The summed E-state index contributed by atoms with van der Waals surface area (Å²) in [6.45, 7) is 0.241. The first-order valence-electron chi connectivity index (χ1n) is 6.08. The van der Waals surface area contributed by atoms with E-state index in [1.165, 1.54) is 19.3 Å². The average molecular weight is 242 g/mol. The van der Waals surface area contributed by atoms with Gasteiger partial charge in [0.05, 0.1) is 0 Å². The Morgan fingerprint density at radius 1 is 1.29 bits per heavy atom. The van der Waals surface area contributed by atoms with E-state index >= 15 is 0 Å². The van der Waals surface area contributed by atoms with Crippen LogP contribution < -0.4 is 5.48 Å². The van der Waals surface area contributed by atoms with Gasteiger partial charge in [-0.25, -0.2) is 15.1 Å². The number of carboxylic acid groups (broad SMARTS) is 1. The molecule has 0 bridgehead atoms. The Hall–Kier alpha value is -1.30. The predicted molar refractivity (Wildman–Crippen MR) is 59.2 cm³/mol. The summed E-state index contributed by atoms with van der Waals surface area (Å²) >= 11 is 0. The van der Waals surface area contributed by atoms with Gasteiger partial charge in [0.1, 0.15) is 0 Å². The number of carboxylic acids is 1. The normalized spacial score (nSPS) is 27.6. The standard InChI is InChI=1S/C11H18N2O4/c14-10(15)7-17-12-11(16)13-6-5-8-3-1-2-4-9(8)13/h8-9H,1-7H2,(H,12,16)(H,14,15). The second kappa shape index (κ2) is 5.35. The van der Waals surface area contributed by atoms with E-state index in [2.05, 4.69) is 10.3 Å². The highest BCUT2D eigenvalue weighted by atomic mass is 16.7. The molecule has 1 aliphatic heterocycles. The van der Waals surface area contributed by atoms with Crippen molar-refractivity contribution in [2.45, 2.75) is 38.1 Å². The predicted octanol–water partition coefficient (Wildman–Crippen LogP) is 0.977. The number of amides is 2. The molecule has 0 aromatic carbocycles. The lowest BCUT2D eigenvalue weighted by molar-refractivity contribution is -0.144. The van der Waals surface area contributed by atoms with Gasteiger partial charge < -0.3 is 10.0 Å². The number of hydrogen-bond donors (Lipinski definition) is 2. The Morgan fingerprint density at radius 3 is 2.82 bits per heavy atom. The van der Waals surface area contributed by atoms with Crippen LogP contribution in [0.25, 0.3) is 0 Å². The third-order valence-electron chi connectivity index (χ3n) is 3.63. The summed E-state index contributed by atoms with van der Waals surface area (Å²) < 4.78 is 0. The van der Waals surface area contributed by atoms with Crippen molar-refractivity contribution >= 4 is 12.0 Å². The van der Waals surface area contributed by atoms with Gasteiger partial charge in [-0.05, 0) is 25.2 Å². The second-order valence-electron chi connectivity index (χ2n) is 4.68. The lowest BCUT2D eigenvalue weighted by atomic mass is 9.85. The molecule has 2 amide bonds. The van der Waals surface area contributed by atoms with E-state index in [4.69, 9.17) is 5.11 Å². The number of nitrogens with zero attached hydrogens (tertiary/aromatic N) is 1. The fourth-order valence-corrected chi connectivity index (χ4v) is 2.88. The van der Waals surface area contributed by atoms with E-state index in [9.17, 15) is 9.59 Å². The maximum atomic E-state index is 11.8. The largest absolute Gasteiger partial charge is 0.479 e. The van der Waals surface area contributed by atoms with Crippen LogP contribution >= 0.6 is 0 Å². The number of urea groups is 1. The van der Waals surface area contributed by atoms with Gasteiger partial charge in [-0.15, -0.1) is 0 Å². The first-order chi connectivity index (χ1) is 8.18. The fraction of sp³-hybridized carbons (Fsp3) is 0.818. The maximum Gasteiger partial charge on any atom is 0.341 e. The summed E-state index contributed by atoms with van der Waals surface area (Å²) in [5.74, 6) is -0.476. The number of rotatable bonds is 3. The summed E-state index contributed by atoms with van der Waals surface area (Å²) in [5.41, 5.74) is 2.20. The number of aliphatic carboxylic acids is 1. The first kappa shape index (κ1) is 12.2. The highest BCUT2D eigenvalue weighted by molar-refractivity contribution is 5.74. The Kier molecular flexibility index (Phi) is 3.83. The third-order valence-corrected chi connectivity index (χ3v) is 3.63. The molecule has 6 nitrogen and oxygen atoms in total. The molecule has 2 atom stereocenters. The van der Waals surface area contributed by atoms with Crippen LogP contribution in [-0.4, -0.2) is 41.2 Å². The summed E-state index contributed by atoms with van der Waals surface area (Å²) in [6.07, 6.45) is 5.73. The van der Waals surface area contributed by atoms with Crippen LogP contribution in [0, 0.1) is 5.92 Å². The molecule has 2 fully saturated rings. The molecule has 1 saturated heterocycles. The van der Waals surface area contributed by atoms with E-state index in [0.717, 1.165) is 19.4 Å². The second-order valence-corrected chi connectivity index (χ2v) is 4.68. The van der Waals surface area contributed by atoms with Gasteiger partial charge in [-0.3, -0.25) is 4.84 Å². The smallest absolute Gasteiger partial charge is 0.341 e. The van der Waals surface area contributed by atoms with Crippen LogP contribution in [0.5, 0.6) is 0 Å². The van der Waals surface area contributed by atoms with Gasteiger partial charge in [-0.1, -0.05) is 12.8 Å². The number of nitrogens with one attached hydrogen (secondary N) is 1. The number of hydroxylamine groups is 1. The molecule has 1 aliphatic carbocycles. The van der Waals surface area contributed by atoms with Gasteiger partial charge in [0.15, 0.2) is 6.61 Å². The van der Waals surface area contributed by atoms with Crippen LogP contribution in [0.4, 0.5) is 4.79 Å². The van der Waals surface area contributed by atoms with E-state index in [1.54, 1.807) is 4.90 Å². The Balaban J connectivity index is 1.81. The SMILES string of the molecule is O=C(O)CONC(=O)N1CCC2CCCCC21. The molecule has 2 unspecified atom stereocenters. The van der Waals surface area contributed by atoms with Gasteiger partial charge >= 0.3 is 12.0 Å². The third kappa shape index (κ3) is 2.88. The van der Waals surface area contributed by atoms with Crippen LogP contribution in [0.2, 0.25) is 0 Å². The summed E-state index contributed by atoms with van der Waals surface area (Å²) in [5, 5.41) is 8.39. The van der Waals surface area contributed by atoms with Crippen molar-refractivity contribution in [3.8, 4) is 0 Å². The van der Waals surface area contributed by atoms with Gasteiger partial charge in [0.2, 0.25) is 0 Å². The van der Waals surface area contributed by atoms with E-state index in [1.807, 2.05) is 0 Å². The highest BCUT2D eigenvalue weighted by Crippen LogP contribution is 2.35. The van der Waals surface area contributed by atoms with Crippen molar-refractivity contribution in [3.63, 3.8) is 0 Å². The molecular formula is C11H18N2O4. The van der Waals surface area contributed by atoms with Gasteiger partial charge in [-0.2, -0.15) is 0 Å². The molecule has 2 aliphatic rings. The molecule has 6 heteroatoms. The van der Waals surface area contributed by atoms with Crippen molar-refractivity contribution in [1.29, 1.82) is 0 Å². The molecule has 17 heavy (non-hydrogen) atoms. The topological polar surface area (TPSA) is 78.9 Å². The average Bonchev–Trinajstić information content (AvgIpc) is 2.72. The Morgan fingerprint density at radius 2 is 2.06 bits per heavy atom. The summed E-state index contributed by atoms with van der Waals surface area (Å²) in [4.78, 5) is 28.4. The zero-order chi connectivity index (χ0) is 12.3. The zero-order valence-electron chi connectivity index (χ0n) is 9.72. The minimum atomic E-state index is -1.10. The molecule has 2 N–H and O–H groups in total. The minimum absolute atomic E-state index is 0.305. The summed E-state index contributed by atoms with van der Waals surface area (Å²) in [7, 11) is 0. The molecule has 0 aromatic heterocycles. The van der Waals surface area contributed by atoms with E-state index < -0.39 is 12.6 Å². The van der Waals surface area contributed by atoms with Crippen LogP contribution in [-0.2, 0) is 9.63 Å². The molecule has 1 saturated carbocycles. The maximum absolute atomic E-state index is 11.8. The molecule has 0 aromatic rings. The quantitative estimate of drug-likeness (QED) is 0.723. The zero-order valence-corrected chi connectivity index (χ0v) is 9.72. The molecule has 96 valence electrons. The van der Waals surface area contributed by atoms with Crippen molar-refractivity contribution < 1.29 is 19.5 Å². The number of likely N-dealkylation sites (tertiary alicyclic amines) is 1. The highest BCUT2D eigenvalue weighted by Gasteiger charge is 2.38. The number of carbonyl (C=O) groups excluding carboxylic acids is 1. The van der Waals surface area contributed by atoms with Crippen molar-refractivity contribution in [3.05, 3.63) is 0 Å². The Bertz CT molecular complexity index is 308. The molecule has 0 spiro atoms. The lowest BCUT2D eigenvalue weighted by Crippen LogP contribution is -2.45. The van der Waals surface area contributed by atoms with E-state index in [-0.39, 0.29) is 6.03 Å². The van der Waals surface area contributed by atoms with E-state index in [0.29, 0.717) is 12.0 Å². The molecule has 1 heterocycles. The monoisotopic (exact) mass is 242 g/mol. The van der Waals surface area contributed by atoms with Crippen molar-refractivity contribution in [1.82, 2.24) is 10.4 Å². The summed E-state index contributed by atoms with van der Waals surface area (Å²) in [6, 6.07) is 0.0119. The fourth-order valence-electron chi connectivity index (χ4n) is 2.88. The van der Waals surface area contributed by atoms with Crippen LogP contribution in [0.3, 0.4) is 0 Å². The van der Waals surface area contributed by atoms with Gasteiger partial charge in [0, 0.05) is 12.6 Å². The molecule has 0 radical (unpaired) electrons.